The Kier molecular flexibility index (Phi) is 3.81. The molecule has 0 unspecified atom stereocenters. The number of hydrogen-bond donors (Lipinski definition) is 1. The summed E-state index contributed by atoms with van der Waals surface area (Å²) in [5.41, 5.74) is 1.83. The number of aryl methyl sites for hydroxylation is 1. The summed E-state index contributed by atoms with van der Waals surface area (Å²) in [6.07, 6.45) is 3.83. The minimum absolute atomic E-state index is 0.143. The lowest BCUT2D eigenvalue weighted by atomic mass is 10.4. The van der Waals surface area contributed by atoms with Gasteiger partial charge >= 0.3 is 0 Å². The van der Waals surface area contributed by atoms with Crippen LogP contribution in [0.4, 0.5) is 5.69 Å². The average Bonchev–Trinajstić information content (AvgIpc) is 3.20. The van der Waals surface area contributed by atoms with Gasteiger partial charge in [0.15, 0.2) is 0 Å². The van der Waals surface area contributed by atoms with Crippen LogP contribution in [-0.4, -0.2) is 25.1 Å². The number of nitrogens with zero attached hydrogens (tertiary/aromatic N) is 4. The van der Waals surface area contributed by atoms with E-state index in [1.54, 1.807) is 35.9 Å². The Morgan fingerprint density at radius 2 is 2.20 bits per heavy atom. The molecule has 8 heteroatoms. The summed E-state index contributed by atoms with van der Waals surface area (Å²) in [4.78, 5) is 28.9. The predicted molar refractivity (Wildman–Crippen MR) is 97.1 cm³/mol. The lowest BCUT2D eigenvalue weighted by Crippen LogP contribution is -2.32. The van der Waals surface area contributed by atoms with Crippen molar-refractivity contribution in [1.29, 1.82) is 0 Å². The molecular weight excluding hydrogens is 338 g/mol. The Hall–Kier alpha value is -3.00. The number of rotatable bonds is 4. The molecule has 0 spiro atoms. The normalized spacial score (nSPS) is 11.2. The molecule has 0 bridgehead atoms. The third-order valence-corrected chi connectivity index (χ3v) is 4.78. The van der Waals surface area contributed by atoms with Crippen LogP contribution in [-0.2, 0) is 17.8 Å². The molecule has 4 aromatic rings. The Morgan fingerprint density at radius 1 is 1.32 bits per heavy atom. The first-order valence-electron chi connectivity index (χ1n) is 7.86. The van der Waals surface area contributed by atoms with Crippen LogP contribution in [0.25, 0.3) is 15.7 Å². The molecule has 0 aliphatic carbocycles. The minimum atomic E-state index is -0.317. The largest absolute Gasteiger partial charge is 0.323 e. The van der Waals surface area contributed by atoms with Gasteiger partial charge in [-0.3, -0.25) is 19.0 Å². The van der Waals surface area contributed by atoms with Crippen LogP contribution in [0.3, 0.4) is 0 Å². The highest BCUT2D eigenvalue weighted by Crippen LogP contribution is 2.24. The number of carbonyl (C=O) groups excluding carboxylic acids is 1. The fourth-order valence-corrected chi connectivity index (χ4v) is 3.64. The maximum absolute atomic E-state index is 12.7. The quantitative estimate of drug-likeness (QED) is 0.610. The Labute approximate surface area is 146 Å². The van der Waals surface area contributed by atoms with Gasteiger partial charge in [0.05, 0.1) is 22.1 Å². The Balaban J connectivity index is 1.73. The highest BCUT2D eigenvalue weighted by atomic mass is 32.1. The summed E-state index contributed by atoms with van der Waals surface area (Å²) >= 11 is 1.58. The van der Waals surface area contributed by atoms with Gasteiger partial charge < -0.3 is 5.32 Å². The standard InChI is InChI=1S/C17H15N5O2S/c1-2-15-20-21(10-16(23)19-11-4-3-6-18-9-11)17(24)13-8-14-12(22(13)15)5-7-25-14/h3-9H,2,10H2,1H3,(H,19,23). The van der Waals surface area contributed by atoms with Gasteiger partial charge in [-0.05, 0) is 29.6 Å². The van der Waals surface area contributed by atoms with E-state index in [-0.39, 0.29) is 18.0 Å². The second-order valence-corrected chi connectivity index (χ2v) is 6.51. The molecule has 0 fully saturated rings. The van der Waals surface area contributed by atoms with E-state index in [1.807, 2.05) is 28.8 Å². The van der Waals surface area contributed by atoms with Crippen molar-refractivity contribution in [1.82, 2.24) is 19.2 Å². The average molecular weight is 353 g/mol. The summed E-state index contributed by atoms with van der Waals surface area (Å²) < 4.78 is 4.14. The maximum atomic E-state index is 12.7. The second-order valence-electron chi connectivity index (χ2n) is 5.56. The number of anilines is 1. The van der Waals surface area contributed by atoms with Crippen molar-refractivity contribution in [2.75, 3.05) is 5.32 Å². The fraction of sp³-hybridized carbons (Fsp3) is 0.176. The lowest BCUT2D eigenvalue weighted by Gasteiger charge is -2.10. The van der Waals surface area contributed by atoms with E-state index >= 15 is 0 Å². The van der Waals surface area contributed by atoms with Crippen molar-refractivity contribution in [3.63, 3.8) is 0 Å². The van der Waals surface area contributed by atoms with Crippen molar-refractivity contribution < 1.29 is 4.79 Å². The monoisotopic (exact) mass is 353 g/mol. The highest BCUT2D eigenvalue weighted by Gasteiger charge is 2.15. The molecule has 0 saturated carbocycles. The van der Waals surface area contributed by atoms with E-state index in [4.69, 9.17) is 0 Å². The van der Waals surface area contributed by atoms with Crippen molar-refractivity contribution in [2.24, 2.45) is 0 Å². The van der Waals surface area contributed by atoms with E-state index in [0.29, 0.717) is 17.6 Å². The minimum Gasteiger partial charge on any atom is -0.323 e. The van der Waals surface area contributed by atoms with E-state index in [2.05, 4.69) is 15.4 Å². The zero-order valence-corrected chi connectivity index (χ0v) is 14.3. The van der Waals surface area contributed by atoms with E-state index in [0.717, 1.165) is 16.0 Å². The number of carbonyl (C=O) groups is 1. The number of nitrogens with one attached hydrogen (secondary N) is 1. The van der Waals surface area contributed by atoms with Crippen LogP contribution >= 0.6 is 11.3 Å². The van der Waals surface area contributed by atoms with Crippen molar-refractivity contribution in [2.45, 2.75) is 19.9 Å². The number of aromatic nitrogens is 4. The third kappa shape index (κ3) is 2.70. The molecule has 1 amide bonds. The molecule has 0 aliphatic rings. The van der Waals surface area contributed by atoms with Gasteiger partial charge in [-0.2, -0.15) is 5.10 Å². The van der Waals surface area contributed by atoms with E-state index < -0.39 is 0 Å². The number of thiophene rings is 1. The van der Waals surface area contributed by atoms with Gasteiger partial charge in [0.1, 0.15) is 17.9 Å². The second kappa shape index (κ2) is 6.14. The van der Waals surface area contributed by atoms with Crippen LogP contribution in [0.5, 0.6) is 0 Å². The van der Waals surface area contributed by atoms with Crippen molar-refractivity contribution >= 4 is 38.7 Å². The number of hydrogen-bond acceptors (Lipinski definition) is 5. The first-order chi connectivity index (χ1) is 12.2. The first kappa shape index (κ1) is 15.5. The van der Waals surface area contributed by atoms with Gasteiger partial charge in [0, 0.05) is 12.6 Å². The third-order valence-electron chi connectivity index (χ3n) is 3.93. The molecule has 0 aromatic carbocycles. The fourth-order valence-electron chi connectivity index (χ4n) is 2.83. The Bertz CT molecular complexity index is 1130. The van der Waals surface area contributed by atoms with Crippen molar-refractivity contribution in [3.8, 4) is 0 Å². The summed E-state index contributed by atoms with van der Waals surface area (Å²) in [5.74, 6) is 0.430. The van der Waals surface area contributed by atoms with Crippen molar-refractivity contribution in [3.05, 3.63) is 58.2 Å². The first-order valence-corrected chi connectivity index (χ1v) is 8.74. The Morgan fingerprint density at radius 3 is 2.96 bits per heavy atom. The number of amides is 1. The van der Waals surface area contributed by atoms with E-state index in [1.165, 1.54) is 4.68 Å². The summed E-state index contributed by atoms with van der Waals surface area (Å²) in [5, 5.41) is 9.11. The molecule has 7 nitrogen and oxygen atoms in total. The zero-order chi connectivity index (χ0) is 17.4. The summed E-state index contributed by atoms with van der Waals surface area (Å²) in [7, 11) is 0. The molecule has 25 heavy (non-hydrogen) atoms. The highest BCUT2D eigenvalue weighted by molar-refractivity contribution is 7.17. The molecule has 4 rings (SSSR count). The molecule has 0 saturated heterocycles. The topological polar surface area (TPSA) is 81.3 Å². The lowest BCUT2D eigenvalue weighted by molar-refractivity contribution is -0.117. The SMILES string of the molecule is CCc1nn(CC(=O)Nc2cccnc2)c(=O)c2cc3sccc3n12. The molecule has 0 radical (unpaired) electrons. The smallest absolute Gasteiger partial charge is 0.291 e. The maximum Gasteiger partial charge on any atom is 0.291 e. The van der Waals surface area contributed by atoms with Gasteiger partial charge in [0.2, 0.25) is 5.91 Å². The number of pyridine rings is 1. The van der Waals surface area contributed by atoms with Gasteiger partial charge in [-0.25, -0.2) is 4.68 Å². The molecule has 4 heterocycles. The van der Waals surface area contributed by atoms with Crippen LogP contribution in [0, 0.1) is 0 Å². The zero-order valence-electron chi connectivity index (χ0n) is 13.5. The number of fused-ring (bicyclic) bond motifs is 3. The summed E-state index contributed by atoms with van der Waals surface area (Å²) in [6.45, 7) is 1.83. The van der Waals surface area contributed by atoms with Gasteiger partial charge in [-0.1, -0.05) is 6.92 Å². The molecule has 126 valence electrons. The molecule has 0 atom stereocenters. The van der Waals surface area contributed by atoms with Crippen LogP contribution in [0.15, 0.2) is 46.8 Å². The van der Waals surface area contributed by atoms with Crippen LogP contribution < -0.4 is 10.9 Å². The van der Waals surface area contributed by atoms with Crippen LogP contribution in [0.2, 0.25) is 0 Å². The molecule has 4 aromatic heterocycles. The predicted octanol–water partition coefficient (Wildman–Crippen LogP) is 2.31. The molecule has 0 aliphatic heterocycles. The van der Waals surface area contributed by atoms with E-state index in [9.17, 15) is 9.59 Å². The molecular formula is C17H15N5O2S. The summed E-state index contributed by atoms with van der Waals surface area (Å²) in [6, 6.07) is 7.31. The molecule has 1 N–H and O–H groups in total. The van der Waals surface area contributed by atoms with Gasteiger partial charge in [-0.15, -0.1) is 11.3 Å². The van der Waals surface area contributed by atoms with Crippen LogP contribution in [0.1, 0.15) is 12.7 Å². The van der Waals surface area contributed by atoms with Gasteiger partial charge in [0.25, 0.3) is 5.56 Å².